The van der Waals surface area contributed by atoms with E-state index in [1.807, 2.05) is 61.5 Å². The summed E-state index contributed by atoms with van der Waals surface area (Å²) in [7, 11) is 1.66. The summed E-state index contributed by atoms with van der Waals surface area (Å²) < 4.78 is 11.4. The number of nitrogens with zero attached hydrogens (tertiary/aromatic N) is 2. The van der Waals surface area contributed by atoms with Gasteiger partial charge in [0.1, 0.15) is 17.8 Å². The highest BCUT2D eigenvalue weighted by molar-refractivity contribution is 6.01. The SMILES string of the molecule is COc1ccc(-c2c(-c3ccccc3)oc3ncnc(C)c23)cc1. The molecule has 0 aliphatic rings. The number of furan rings is 1. The van der Waals surface area contributed by atoms with Gasteiger partial charge in [-0.3, -0.25) is 0 Å². The smallest absolute Gasteiger partial charge is 0.230 e. The molecule has 0 fully saturated rings. The highest BCUT2D eigenvalue weighted by Gasteiger charge is 2.20. The van der Waals surface area contributed by atoms with Crippen LogP contribution in [-0.2, 0) is 0 Å². The third-order valence-electron chi connectivity index (χ3n) is 4.09. The first-order valence-electron chi connectivity index (χ1n) is 7.72. The van der Waals surface area contributed by atoms with Gasteiger partial charge < -0.3 is 9.15 Å². The van der Waals surface area contributed by atoms with Gasteiger partial charge in [0, 0.05) is 11.1 Å². The number of methoxy groups -OCH3 is 1. The van der Waals surface area contributed by atoms with Crippen LogP contribution in [-0.4, -0.2) is 17.1 Å². The number of hydrogen-bond donors (Lipinski definition) is 0. The largest absolute Gasteiger partial charge is 0.497 e. The van der Waals surface area contributed by atoms with Gasteiger partial charge in [0.2, 0.25) is 5.71 Å². The van der Waals surface area contributed by atoms with Crippen molar-refractivity contribution < 1.29 is 9.15 Å². The van der Waals surface area contributed by atoms with Crippen LogP contribution in [0.15, 0.2) is 65.3 Å². The topological polar surface area (TPSA) is 48.2 Å². The maximum absolute atomic E-state index is 6.09. The van der Waals surface area contributed by atoms with Gasteiger partial charge in [0.05, 0.1) is 18.2 Å². The Morgan fingerprint density at radius 2 is 1.62 bits per heavy atom. The van der Waals surface area contributed by atoms with Gasteiger partial charge in [-0.1, -0.05) is 42.5 Å². The van der Waals surface area contributed by atoms with Gasteiger partial charge in [-0.15, -0.1) is 0 Å². The number of hydrogen-bond acceptors (Lipinski definition) is 4. The molecule has 0 aliphatic carbocycles. The average molecular weight is 316 g/mol. The second kappa shape index (κ2) is 5.81. The summed E-state index contributed by atoms with van der Waals surface area (Å²) in [6, 6.07) is 18.0. The Morgan fingerprint density at radius 1 is 0.875 bits per heavy atom. The molecule has 0 bridgehead atoms. The molecule has 0 saturated heterocycles. The van der Waals surface area contributed by atoms with E-state index in [1.54, 1.807) is 7.11 Å². The van der Waals surface area contributed by atoms with E-state index in [4.69, 9.17) is 9.15 Å². The molecule has 0 unspecified atom stereocenters. The molecule has 0 amide bonds. The molecule has 2 heterocycles. The van der Waals surface area contributed by atoms with Crippen LogP contribution >= 0.6 is 0 Å². The Kier molecular flexibility index (Phi) is 3.50. The summed E-state index contributed by atoms with van der Waals surface area (Å²) in [6.45, 7) is 1.97. The van der Waals surface area contributed by atoms with Crippen molar-refractivity contribution in [3.8, 4) is 28.2 Å². The molecule has 2 aromatic heterocycles. The highest BCUT2D eigenvalue weighted by atomic mass is 16.5. The standard InChI is InChI=1S/C20H16N2O2/c1-13-17-18(14-8-10-16(23-2)11-9-14)19(15-6-4-3-5-7-15)24-20(17)22-12-21-13/h3-12H,1-2H3. The van der Waals surface area contributed by atoms with Gasteiger partial charge in [0.25, 0.3) is 0 Å². The van der Waals surface area contributed by atoms with Crippen molar-refractivity contribution in [2.24, 2.45) is 0 Å². The van der Waals surface area contributed by atoms with E-state index >= 15 is 0 Å². The number of aromatic nitrogens is 2. The molecule has 0 saturated carbocycles. The van der Waals surface area contributed by atoms with Crippen LogP contribution in [0.25, 0.3) is 33.6 Å². The molecule has 0 atom stereocenters. The Labute approximate surface area is 139 Å². The zero-order valence-electron chi connectivity index (χ0n) is 13.5. The number of benzene rings is 2. The quantitative estimate of drug-likeness (QED) is 0.541. The molecule has 0 spiro atoms. The monoisotopic (exact) mass is 316 g/mol. The first kappa shape index (κ1) is 14.5. The van der Waals surface area contributed by atoms with E-state index in [0.29, 0.717) is 5.71 Å². The lowest BCUT2D eigenvalue weighted by atomic mass is 9.98. The molecule has 4 heteroatoms. The number of rotatable bonds is 3. The van der Waals surface area contributed by atoms with Crippen molar-refractivity contribution in [3.05, 3.63) is 66.6 Å². The maximum atomic E-state index is 6.09. The zero-order chi connectivity index (χ0) is 16.5. The predicted molar refractivity (Wildman–Crippen MR) is 94.0 cm³/mol. The molecule has 2 aromatic carbocycles. The first-order valence-corrected chi connectivity index (χ1v) is 7.72. The molecule has 0 aliphatic heterocycles. The highest BCUT2D eigenvalue weighted by Crippen LogP contribution is 2.41. The van der Waals surface area contributed by atoms with Gasteiger partial charge in [-0.2, -0.15) is 0 Å². The fourth-order valence-electron chi connectivity index (χ4n) is 2.90. The van der Waals surface area contributed by atoms with Gasteiger partial charge in [0.15, 0.2) is 0 Å². The average Bonchev–Trinajstić information content (AvgIpc) is 3.03. The van der Waals surface area contributed by atoms with E-state index in [2.05, 4.69) is 9.97 Å². The van der Waals surface area contributed by atoms with Crippen LogP contribution in [0.4, 0.5) is 0 Å². The predicted octanol–water partition coefficient (Wildman–Crippen LogP) is 4.87. The van der Waals surface area contributed by atoms with Crippen molar-refractivity contribution >= 4 is 11.1 Å². The summed E-state index contributed by atoms with van der Waals surface area (Å²) in [6.07, 6.45) is 1.54. The molecule has 24 heavy (non-hydrogen) atoms. The summed E-state index contributed by atoms with van der Waals surface area (Å²) in [5.74, 6) is 1.63. The fourth-order valence-corrected chi connectivity index (χ4v) is 2.90. The van der Waals surface area contributed by atoms with Crippen LogP contribution in [0.2, 0.25) is 0 Å². The summed E-state index contributed by atoms with van der Waals surface area (Å²) >= 11 is 0. The van der Waals surface area contributed by atoms with E-state index in [9.17, 15) is 0 Å². The number of ether oxygens (including phenoxy) is 1. The molecule has 118 valence electrons. The molecular formula is C20H16N2O2. The van der Waals surface area contributed by atoms with Gasteiger partial charge in [-0.05, 0) is 24.6 Å². The van der Waals surface area contributed by atoms with Crippen molar-refractivity contribution in [1.82, 2.24) is 9.97 Å². The van der Waals surface area contributed by atoms with Crippen molar-refractivity contribution in [3.63, 3.8) is 0 Å². The molecule has 0 radical (unpaired) electrons. The van der Waals surface area contributed by atoms with Crippen molar-refractivity contribution in [2.45, 2.75) is 6.92 Å². The van der Waals surface area contributed by atoms with Gasteiger partial charge in [-0.25, -0.2) is 9.97 Å². The molecule has 4 nitrogen and oxygen atoms in total. The Morgan fingerprint density at radius 3 is 2.33 bits per heavy atom. The Hall–Kier alpha value is -3.14. The van der Waals surface area contributed by atoms with E-state index < -0.39 is 0 Å². The third kappa shape index (κ3) is 2.33. The Balaban J connectivity index is 2.03. The lowest BCUT2D eigenvalue weighted by Crippen LogP contribution is -1.87. The van der Waals surface area contributed by atoms with E-state index in [1.165, 1.54) is 6.33 Å². The third-order valence-corrected chi connectivity index (χ3v) is 4.09. The second-order valence-electron chi connectivity index (χ2n) is 5.54. The zero-order valence-corrected chi connectivity index (χ0v) is 13.5. The minimum Gasteiger partial charge on any atom is -0.497 e. The van der Waals surface area contributed by atoms with Crippen molar-refractivity contribution in [1.29, 1.82) is 0 Å². The molecule has 4 rings (SSSR count). The molecule has 4 aromatic rings. The lowest BCUT2D eigenvalue weighted by Gasteiger charge is -2.06. The minimum atomic E-state index is 0.604. The Bertz CT molecular complexity index is 990. The summed E-state index contributed by atoms with van der Waals surface area (Å²) in [5, 5.41) is 0.946. The van der Waals surface area contributed by atoms with Crippen LogP contribution in [0.1, 0.15) is 5.69 Å². The van der Waals surface area contributed by atoms with Crippen LogP contribution < -0.4 is 4.74 Å². The van der Waals surface area contributed by atoms with Crippen LogP contribution in [0, 0.1) is 6.92 Å². The first-order chi connectivity index (χ1) is 11.8. The van der Waals surface area contributed by atoms with E-state index in [-0.39, 0.29) is 0 Å². The second-order valence-corrected chi connectivity index (χ2v) is 5.54. The van der Waals surface area contributed by atoms with Crippen molar-refractivity contribution in [2.75, 3.05) is 7.11 Å². The lowest BCUT2D eigenvalue weighted by molar-refractivity contribution is 0.415. The van der Waals surface area contributed by atoms with Crippen LogP contribution in [0.3, 0.4) is 0 Å². The normalized spacial score (nSPS) is 10.9. The number of aryl methyl sites for hydroxylation is 1. The molecule has 0 N–H and O–H groups in total. The van der Waals surface area contributed by atoms with Crippen LogP contribution in [0.5, 0.6) is 5.75 Å². The van der Waals surface area contributed by atoms with Gasteiger partial charge >= 0.3 is 0 Å². The fraction of sp³-hybridized carbons (Fsp3) is 0.100. The maximum Gasteiger partial charge on any atom is 0.230 e. The van der Waals surface area contributed by atoms with E-state index in [0.717, 1.165) is 39.3 Å². The minimum absolute atomic E-state index is 0.604. The summed E-state index contributed by atoms with van der Waals surface area (Å²) in [4.78, 5) is 8.64. The summed E-state index contributed by atoms with van der Waals surface area (Å²) in [5.41, 5.74) is 4.58. The molecular weight excluding hydrogens is 300 g/mol. The number of fused-ring (bicyclic) bond motifs is 1.